The standard InChI is InChI=1S/C17H16FNO4/c1-22-15-9-5-2-6-12(15)10-17(21)23-11-16(20)19-14-8-4-3-7-13(14)18/h2-9H,10-11H2,1H3,(H,19,20). The Bertz CT molecular complexity index is 702. The van der Waals surface area contributed by atoms with Crippen molar-refractivity contribution < 1.29 is 23.5 Å². The van der Waals surface area contributed by atoms with Gasteiger partial charge in [0.25, 0.3) is 5.91 Å². The molecule has 2 rings (SSSR count). The third-order valence-corrected chi connectivity index (χ3v) is 3.04. The molecule has 0 saturated carbocycles. The van der Waals surface area contributed by atoms with Crippen molar-refractivity contribution in [3.8, 4) is 5.75 Å². The van der Waals surface area contributed by atoms with Gasteiger partial charge in [0.2, 0.25) is 0 Å². The maximum absolute atomic E-state index is 13.4. The number of para-hydroxylation sites is 2. The van der Waals surface area contributed by atoms with E-state index in [1.165, 1.54) is 25.3 Å². The molecule has 0 spiro atoms. The van der Waals surface area contributed by atoms with Crippen molar-refractivity contribution in [3.05, 3.63) is 59.9 Å². The molecule has 0 aliphatic heterocycles. The Morgan fingerprint density at radius 3 is 2.52 bits per heavy atom. The highest BCUT2D eigenvalue weighted by molar-refractivity contribution is 5.93. The number of hydrogen-bond donors (Lipinski definition) is 1. The molecule has 2 aromatic rings. The number of carbonyl (C=O) groups is 2. The number of methoxy groups -OCH3 is 1. The number of nitrogens with one attached hydrogen (secondary N) is 1. The van der Waals surface area contributed by atoms with E-state index in [0.29, 0.717) is 11.3 Å². The van der Waals surface area contributed by atoms with Crippen LogP contribution >= 0.6 is 0 Å². The number of hydrogen-bond acceptors (Lipinski definition) is 4. The van der Waals surface area contributed by atoms with E-state index >= 15 is 0 Å². The molecule has 0 saturated heterocycles. The smallest absolute Gasteiger partial charge is 0.310 e. The fourth-order valence-corrected chi connectivity index (χ4v) is 1.95. The molecule has 6 heteroatoms. The number of anilines is 1. The zero-order chi connectivity index (χ0) is 16.7. The van der Waals surface area contributed by atoms with Crippen LogP contribution in [0, 0.1) is 5.82 Å². The molecule has 0 aliphatic rings. The van der Waals surface area contributed by atoms with Crippen molar-refractivity contribution in [2.24, 2.45) is 0 Å². The zero-order valence-corrected chi connectivity index (χ0v) is 12.5. The SMILES string of the molecule is COc1ccccc1CC(=O)OCC(=O)Nc1ccccc1F. The summed E-state index contributed by atoms with van der Waals surface area (Å²) in [4.78, 5) is 23.4. The molecule has 0 radical (unpaired) electrons. The number of rotatable bonds is 6. The number of halogens is 1. The summed E-state index contributed by atoms with van der Waals surface area (Å²) in [5.74, 6) is -1.16. The predicted octanol–water partition coefficient (Wildman–Crippen LogP) is 2.56. The first-order valence-electron chi connectivity index (χ1n) is 6.92. The van der Waals surface area contributed by atoms with Gasteiger partial charge in [-0.3, -0.25) is 9.59 Å². The monoisotopic (exact) mass is 317 g/mol. The van der Waals surface area contributed by atoms with E-state index in [2.05, 4.69) is 5.32 Å². The summed E-state index contributed by atoms with van der Waals surface area (Å²) in [6, 6.07) is 12.8. The summed E-state index contributed by atoms with van der Waals surface area (Å²) in [6.45, 7) is -0.484. The van der Waals surface area contributed by atoms with Gasteiger partial charge >= 0.3 is 5.97 Å². The summed E-state index contributed by atoms with van der Waals surface area (Å²) < 4.78 is 23.4. The summed E-state index contributed by atoms with van der Waals surface area (Å²) in [5.41, 5.74) is 0.702. The third kappa shape index (κ3) is 4.81. The Morgan fingerprint density at radius 2 is 1.78 bits per heavy atom. The minimum absolute atomic E-state index is 0.0169. The molecule has 1 N–H and O–H groups in total. The van der Waals surface area contributed by atoms with E-state index in [-0.39, 0.29) is 12.1 Å². The Hall–Kier alpha value is -2.89. The summed E-state index contributed by atoms with van der Waals surface area (Å²) in [5, 5.41) is 2.34. The summed E-state index contributed by atoms with van der Waals surface area (Å²) in [6.07, 6.45) is -0.0169. The van der Waals surface area contributed by atoms with Gasteiger partial charge in [-0.25, -0.2) is 4.39 Å². The van der Waals surface area contributed by atoms with Crippen molar-refractivity contribution in [2.75, 3.05) is 19.0 Å². The number of benzene rings is 2. The lowest BCUT2D eigenvalue weighted by atomic mass is 10.1. The van der Waals surface area contributed by atoms with Gasteiger partial charge in [0.1, 0.15) is 11.6 Å². The van der Waals surface area contributed by atoms with Crippen LogP contribution in [0.25, 0.3) is 0 Å². The first-order chi connectivity index (χ1) is 11.1. The largest absolute Gasteiger partial charge is 0.496 e. The average molecular weight is 317 g/mol. The molecule has 0 bridgehead atoms. The van der Waals surface area contributed by atoms with Crippen molar-refractivity contribution in [1.82, 2.24) is 0 Å². The topological polar surface area (TPSA) is 64.6 Å². The van der Waals surface area contributed by atoms with Gasteiger partial charge in [0.05, 0.1) is 19.2 Å². The number of esters is 1. The first-order valence-corrected chi connectivity index (χ1v) is 6.92. The van der Waals surface area contributed by atoms with Gasteiger partial charge in [0.15, 0.2) is 6.61 Å². The molecule has 0 atom stereocenters. The Labute approximate surface area is 133 Å². The fourth-order valence-electron chi connectivity index (χ4n) is 1.95. The van der Waals surface area contributed by atoms with E-state index in [9.17, 15) is 14.0 Å². The molecule has 0 fully saturated rings. The molecule has 0 heterocycles. The van der Waals surface area contributed by atoms with Gasteiger partial charge in [0, 0.05) is 5.56 Å². The molecule has 0 aliphatic carbocycles. The predicted molar refractivity (Wildman–Crippen MR) is 82.7 cm³/mol. The van der Waals surface area contributed by atoms with Gasteiger partial charge < -0.3 is 14.8 Å². The average Bonchev–Trinajstić information content (AvgIpc) is 2.55. The quantitative estimate of drug-likeness (QED) is 0.832. The van der Waals surface area contributed by atoms with Gasteiger partial charge in [-0.15, -0.1) is 0 Å². The second-order valence-electron chi connectivity index (χ2n) is 4.68. The van der Waals surface area contributed by atoms with Crippen molar-refractivity contribution >= 4 is 17.6 Å². The molecule has 0 unspecified atom stereocenters. The molecule has 0 aromatic heterocycles. The first kappa shape index (κ1) is 16.5. The number of carbonyl (C=O) groups excluding carboxylic acids is 2. The molecule has 2 aromatic carbocycles. The lowest BCUT2D eigenvalue weighted by Crippen LogP contribution is -2.22. The fraction of sp³-hybridized carbons (Fsp3) is 0.176. The Kier molecular flexibility index (Phi) is 5.68. The molecule has 1 amide bonds. The zero-order valence-electron chi connectivity index (χ0n) is 12.5. The minimum Gasteiger partial charge on any atom is -0.496 e. The summed E-state index contributed by atoms with van der Waals surface area (Å²) >= 11 is 0. The third-order valence-electron chi connectivity index (χ3n) is 3.04. The van der Waals surface area contributed by atoms with Crippen LogP contribution < -0.4 is 10.1 Å². The highest BCUT2D eigenvalue weighted by atomic mass is 19.1. The van der Waals surface area contributed by atoms with Gasteiger partial charge in [-0.2, -0.15) is 0 Å². The van der Waals surface area contributed by atoms with Crippen LogP contribution in [0.5, 0.6) is 5.75 Å². The van der Waals surface area contributed by atoms with E-state index in [4.69, 9.17) is 9.47 Å². The van der Waals surface area contributed by atoms with Crippen LogP contribution in [0.1, 0.15) is 5.56 Å². The van der Waals surface area contributed by atoms with Gasteiger partial charge in [-0.1, -0.05) is 30.3 Å². The highest BCUT2D eigenvalue weighted by Gasteiger charge is 2.12. The van der Waals surface area contributed by atoms with Gasteiger partial charge in [-0.05, 0) is 18.2 Å². The molecular formula is C17H16FNO4. The van der Waals surface area contributed by atoms with Crippen LogP contribution in [-0.2, 0) is 20.7 Å². The normalized spacial score (nSPS) is 10.0. The van der Waals surface area contributed by atoms with E-state index in [0.717, 1.165) is 0 Å². The molecular weight excluding hydrogens is 301 g/mol. The second-order valence-corrected chi connectivity index (χ2v) is 4.68. The molecule has 5 nitrogen and oxygen atoms in total. The Morgan fingerprint density at radius 1 is 1.09 bits per heavy atom. The minimum atomic E-state index is -0.608. The Balaban J connectivity index is 1.84. The lowest BCUT2D eigenvalue weighted by molar-refractivity contribution is -0.146. The van der Waals surface area contributed by atoms with Crippen molar-refractivity contribution in [2.45, 2.75) is 6.42 Å². The van der Waals surface area contributed by atoms with Crippen molar-refractivity contribution in [1.29, 1.82) is 0 Å². The highest BCUT2D eigenvalue weighted by Crippen LogP contribution is 2.18. The maximum Gasteiger partial charge on any atom is 0.310 e. The van der Waals surface area contributed by atoms with Crippen LogP contribution in [0.15, 0.2) is 48.5 Å². The van der Waals surface area contributed by atoms with Crippen molar-refractivity contribution in [3.63, 3.8) is 0 Å². The van der Waals surface area contributed by atoms with Crippen LogP contribution in [0.2, 0.25) is 0 Å². The van der Waals surface area contributed by atoms with E-state index < -0.39 is 24.3 Å². The molecule has 120 valence electrons. The molecule has 23 heavy (non-hydrogen) atoms. The lowest BCUT2D eigenvalue weighted by Gasteiger charge is -2.09. The summed E-state index contributed by atoms with van der Waals surface area (Å²) in [7, 11) is 1.51. The van der Waals surface area contributed by atoms with Crippen LogP contribution in [-0.4, -0.2) is 25.6 Å². The second kappa shape index (κ2) is 7.93. The van der Waals surface area contributed by atoms with Crippen LogP contribution in [0.4, 0.5) is 10.1 Å². The number of amides is 1. The number of ether oxygens (including phenoxy) is 2. The van der Waals surface area contributed by atoms with Crippen LogP contribution in [0.3, 0.4) is 0 Å². The van der Waals surface area contributed by atoms with E-state index in [1.54, 1.807) is 30.3 Å². The maximum atomic E-state index is 13.4. The van der Waals surface area contributed by atoms with E-state index in [1.807, 2.05) is 0 Å².